The van der Waals surface area contributed by atoms with Crippen molar-refractivity contribution in [3.8, 4) is 11.5 Å². The number of carbonyl (C=O) groups excluding carboxylic acids is 1. The van der Waals surface area contributed by atoms with Crippen LogP contribution in [0.1, 0.15) is 0 Å². The molecule has 1 aromatic heterocycles. The molecule has 4 N–H and O–H groups in total. The van der Waals surface area contributed by atoms with Crippen molar-refractivity contribution in [2.45, 2.75) is 0 Å². The van der Waals surface area contributed by atoms with Gasteiger partial charge in [-0.3, -0.25) is 10.2 Å². The molecule has 0 radical (unpaired) electrons. The summed E-state index contributed by atoms with van der Waals surface area (Å²) in [6.45, 7) is 0. The Morgan fingerprint density at radius 2 is 1.95 bits per heavy atom. The van der Waals surface area contributed by atoms with Gasteiger partial charge in [0.05, 0.1) is 0 Å². The number of amides is 2. The first-order valence-corrected chi connectivity index (χ1v) is 5.72. The van der Waals surface area contributed by atoms with Gasteiger partial charge in [-0.1, -0.05) is 0 Å². The Bertz CT molecular complexity index is 574. The number of primary amides is 1. The van der Waals surface area contributed by atoms with Crippen LogP contribution in [0.25, 0.3) is 0 Å². The first-order chi connectivity index (χ1) is 9.17. The molecule has 6 nitrogen and oxygen atoms in total. The summed E-state index contributed by atoms with van der Waals surface area (Å²) >= 11 is 5.46. The molecule has 1 heterocycles. The van der Waals surface area contributed by atoms with Crippen LogP contribution < -0.4 is 20.6 Å². The van der Waals surface area contributed by atoms with Gasteiger partial charge in [0.15, 0.2) is 0 Å². The predicted octanol–water partition coefficient (Wildman–Crippen LogP) is 2.93. The Morgan fingerprint density at radius 1 is 1.21 bits per heavy atom. The molecule has 0 unspecified atom stereocenters. The third-order valence-electron chi connectivity index (χ3n) is 2.18. The molecule has 0 saturated carbocycles. The predicted molar refractivity (Wildman–Crippen MR) is 73.4 cm³/mol. The van der Waals surface area contributed by atoms with Crippen molar-refractivity contribution in [1.29, 1.82) is 0 Å². The highest BCUT2D eigenvalue weighted by Gasteiger charge is 2.02. The molecule has 0 spiro atoms. The zero-order valence-electron chi connectivity index (χ0n) is 9.76. The van der Waals surface area contributed by atoms with Crippen LogP contribution in [0, 0.1) is 0 Å². The van der Waals surface area contributed by atoms with Gasteiger partial charge in [0, 0.05) is 29.7 Å². The Labute approximate surface area is 114 Å². The standard InChI is InChI=1S/C12H11ClN4O2/c13-17-8-1-3-9(4-2-8)19-10-5-6-15-11(7-10)16-12(14)18/h1-7,17H,(H3,14,15,16,18). The number of carbonyl (C=O) groups is 1. The average molecular weight is 279 g/mol. The largest absolute Gasteiger partial charge is 0.457 e. The maximum atomic E-state index is 10.7. The van der Waals surface area contributed by atoms with E-state index in [4.69, 9.17) is 22.2 Å². The molecule has 0 aliphatic rings. The summed E-state index contributed by atoms with van der Waals surface area (Å²) in [5, 5.41) is 2.37. The van der Waals surface area contributed by atoms with E-state index in [2.05, 4.69) is 15.1 Å². The van der Waals surface area contributed by atoms with Crippen LogP contribution in [0.3, 0.4) is 0 Å². The number of rotatable bonds is 4. The van der Waals surface area contributed by atoms with Crippen LogP contribution in [0.5, 0.6) is 11.5 Å². The minimum atomic E-state index is -0.679. The molecular formula is C12H11ClN4O2. The zero-order chi connectivity index (χ0) is 13.7. The lowest BCUT2D eigenvalue weighted by Gasteiger charge is -2.07. The summed E-state index contributed by atoms with van der Waals surface area (Å²) < 4.78 is 5.60. The van der Waals surface area contributed by atoms with E-state index in [0.29, 0.717) is 17.3 Å². The van der Waals surface area contributed by atoms with E-state index in [-0.39, 0.29) is 0 Å². The van der Waals surface area contributed by atoms with Gasteiger partial charge in [-0.2, -0.15) is 0 Å². The normalized spacial score (nSPS) is 9.74. The fraction of sp³-hybridized carbons (Fsp3) is 0. The SMILES string of the molecule is NC(=O)Nc1cc(Oc2ccc(NCl)cc2)ccn1. The average Bonchev–Trinajstić information content (AvgIpc) is 2.39. The second-order valence-electron chi connectivity index (χ2n) is 3.59. The smallest absolute Gasteiger partial charge is 0.317 e. The van der Waals surface area contributed by atoms with Crippen LogP contribution in [0.4, 0.5) is 16.3 Å². The number of aromatic nitrogens is 1. The topological polar surface area (TPSA) is 89.3 Å². The molecule has 0 atom stereocenters. The fourth-order valence-corrected chi connectivity index (χ4v) is 1.52. The minimum absolute atomic E-state index is 0.323. The third kappa shape index (κ3) is 3.75. The highest BCUT2D eigenvalue weighted by molar-refractivity contribution is 6.23. The van der Waals surface area contributed by atoms with Crippen LogP contribution in [0.15, 0.2) is 42.6 Å². The summed E-state index contributed by atoms with van der Waals surface area (Å²) in [7, 11) is 0. The number of ether oxygens (including phenoxy) is 1. The molecule has 98 valence electrons. The van der Waals surface area contributed by atoms with E-state index in [1.54, 1.807) is 36.4 Å². The van der Waals surface area contributed by atoms with Crippen molar-refractivity contribution in [2.24, 2.45) is 5.73 Å². The fourth-order valence-electron chi connectivity index (χ4n) is 1.39. The quantitative estimate of drug-likeness (QED) is 0.750. The summed E-state index contributed by atoms with van der Waals surface area (Å²) in [6.07, 6.45) is 1.51. The Balaban J connectivity index is 2.11. The van der Waals surface area contributed by atoms with Gasteiger partial charge < -0.3 is 10.5 Å². The third-order valence-corrected chi connectivity index (χ3v) is 2.40. The molecule has 2 amide bonds. The summed E-state index contributed by atoms with van der Waals surface area (Å²) in [4.78, 5) is 17.1. The second kappa shape index (κ2) is 5.92. The Morgan fingerprint density at radius 3 is 2.58 bits per heavy atom. The van der Waals surface area contributed by atoms with Gasteiger partial charge in [0.2, 0.25) is 0 Å². The van der Waals surface area contributed by atoms with Crippen LogP contribution >= 0.6 is 11.8 Å². The van der Waals surface area contributed by atoms with Crippen molar-refractivity contribution in [3.05, 3.63) is 42.6 Å². The molecule has 0 aliphatic carbocycles. The number of anilines is 2. The van der Waals surface area contributed by atoms with E-state index in [1.165, 1.54) is 6.20 Å². The molecule has 7 heteroatoms. The maximum absolute atomic E-state index is 10.7. The Hall–Kier alpha value is -2.47. The molecule has 0 bridgehead atoms. The van der Waals surface area contributed by atoms with Crippen molar-refractivity contribution < 1.29 is 9.53 Å². The first-order valence-electron chi connectivity index (χ1n) is 5.34. The number of pyridine rings is 1. The number of hydrogen-bond acceptors (Lipinski definition) is 4. The highest BCUT2D eigenvalue weighted by Crippen LogP contribution is 2.24. The second-order valence-corrected chi connectivity index (χ2v) is 3.78. The number of nitrogens with one attached hydrogen (secondary N) is 2. The van der Waals surface area contributed by atoms with Gasteiger partial charge in [-0.05, 0) is 30.3 Å². The lowest BCUT2D eigenvalue weighted by molar-refractivity contribution is 0.259. The van der Waals surface area contributed by atoms with E-state index in [9.17, 15) is 4.79 Å². The molecule has 0 aliphatic heterocycles. The minimum Gasteiger partial charge on any atom is -0.457 e. The zero-order valence-corrected chi connectivity index (χ0v) is 10.5. The molecule has 0 saturated heterocycles. The lowest BCUT2D eigenvalue weighted by Crippen LogP contribution is -2.19. The molecule has 2 rings (SSSR count). The molecule has 1 aromatic carbocycles. The van der Waals surface area contributed by atoms with Crippen molar-refractivity contribution in [3.63, 3.8) is 0 Å². The number of urea groups is 1. The molecule has 2 aromatic rings. The van der Waals surface area contributed by atoms with Crippen molar-refractivity contribution in [2.75, 3.05) is 10.2 Å². The Kier molecular flexibility index (Phi) is 4.04. The van der Waals surface area contributed by atoms with Gasteiger partial charge in [0.1, 0.15) is 17.3 Å². The number of nitrogens with zero attached hydrogens (tertiary/aromatic N) is 1. The molecule has 19 heavy (non-hydrogen) atoms. The van der Waals surface area contributed by atoms with Gasteiger partial charge in [-0.25, -0.2) is 9.78 Å². The number of nitrogens with two attached hydrogens (primary N) is 1. The monoisotopic (exact) mass is 278 g/mol. The van der Waals surface area contributed by atoms with Crippen molar-refractivity contribution >= 4 is 29.3 Å². The van der Waals surface area contributed by atoms with Gasteiger partial charge >= 0.3 is 6.03 Å². The maximum Gasteiger partial charge on any atom is 0.317 e. The summed E-state index contributed by atoms with van der Waals surface area (Å²) in [5.41, 5.74) is 5.77. The lowest BCUT2D eigenvalue weighted by atomic mass is 10.3. The highest BCUT2D eigenvalue weighted by atomic mass is 35.5. The van der Waals surface area contributed by atoms with E-state index in [1.807, 2.05) is 0 Å². The van der Waals surface area contributed by atoms with Gasteiger partial charge in [0.25, 0.3) is 0 Å². The van der Waals surface area contributed by atoms with Crippen molar-refractivity contribution in [1.82, 2.24) is 4.98 Å². The number of halogens is 1. The molecular weight excluding hydrogens is 268 g/mol. The van der Waals surface area contributed by atoms with E-state index >= 15 is 0 Å². The summed E-state index contributed by atoms with van der Waals surface area (Å²) in [5.74, 6) is 1.49. The van der Waals surface area contributed by atoms with E-state index in [0.717, 1.165) is 5.69 Å². The van der Waals surface area contributed by atoms with Crippen LogP contribution in [0.2, 0.25) is 0 Å². The van der Waals surface area contributed by atoms with Crippen LogP contribution in [-0.4, -0.2) is 11.0 Å². The van der Waals surface area contributed by atoms with Gasteiger partial charge in [-0.15, -0.1) is 0 Å². The van der Waals surface area contributed by atoms with Crippen LogP contribution in [-0.2, 0) is 0 Å². The first kappa shape index (κ1) is 13.0. The number of benzene rings is 1. The molecule has 0 fully saturated rings. The van der Waals surface area contributed by atoms with E-state index < -0.39 is 6.03 Å². The summed E-state index contributed by atoms with van der Waals surface area (Å²) in [6, 6.07) is 9.61. The number of hydrogen-bond donors (Lipinski definition) is 3.